The van der Waals surface area contributed by atoms with Crippen molar-refractivity contribution in [1.82, 2.24) is 20.5 Å². The normalized spacial score (nSPS) is 12.3. The van der Waals surface area contributed by atoms with Gasteiger partial charge in [0.2, 0.25) is 0 Å². The molecule has 0 aliphatic heterocycles. The van der Waals surface area contributed by atoms with Crippen molar-refractivity contribution in [3.8, 4) is 11.5 Å². The van der Waals surface area contributed by atoms with Crippen molar-refractivity contribution in [2.24, 2.45) is 0 Å². The second-order valence-corrected chi connectivity index (χ2v) is 3.97. The Bertz CT molecular complexity index is 499. The van der Waals surface area contributed by atoms with E-state index in [1.165, 1.54) is 13.4 Å². The van der Waals surface area contributed by atoms with Gasteiger partial charge >= 0.3 is 0 Å². The Morgan fingerprint density at radius 1 is 1.50 bits per heavy atom. The summed E-state index contributed by atoms with van der Waals surface area (Å²) in [6.45, 7) is 2.63. The lowest BCUT2D eigenvalue weighted by Gasteiger charge is -2.14. The van der Waals surface area contributed by atoms with E-state index in [9.17, 15) is 5.11 Å². The van der Waals surface area contributed by atoms with Crippen molar-refractivity contribution < 1.29 is 9.84 Å². The van der Waals surface area contributed by atoms with Gasteiger partial charge in [-0.3, -0.25) is 5.10 Å². The number of methoxy groups -OCH3 is 1. The number of ether oxygens (including phenoxy) is 1. The monoisotopic (exact) mass is 248 g/mol. The highest BCUT2D eigenvalue weighted by molar-refractivity contribution is 5.42. The molecule has 1 aromatic heterocycles. The van der Waals surface area contributed by atoms with E-state index in [-0.39, 0.29) is 11.8 Å². The number of aromatic nitrogens is 3. The number of phenolic OH excluding ortho intramolecular Hbond substituents is 1. The summed E-state index contributed by atoms with van der Waals surface area (Å²) in [5, 5.41) is 19.4. The van der Waals surface area contributed by atoms with Crippen molar-refractivity contribution in [3.05, 3.63) is 35.9 Å². The molecule has 1 heterocycles. The first-order chi connectivity index (χ1) is 8.70. The molecule has 0 fully saturated rings. The van der Waals surface area contributed by atoms with Gasteiger partial charge in [0.15, 0.2) is 11.5 Å². The minimum absolute atomic E-state index is 0.115. The molecule has 3 N–H and O–H groups in total. The smallest absolute Gasteiger partial charge is 0.160 e. The second-order valence-electron chi connectivity index (χ2n) is 3.97. The molecule has 96 valence electrons. The molecule has 0 amide bonds. The Morgan fingerprint density at radius 3 is 3.00 bits per heavy atom. The van der Waals surface area contributed by atoms with Crippen molar-refractivity contribution in [3.63, 3.8) is 0 Å². The highest BCUT2D eigenvalue weighted by atomic mass is 16.5. The van der Waals surface area contributed by atoms with Crippen LogP contribution in [-0.4, -0.2) is 27.4 Å². The van der Waals surface area contributed by atoms with Gasteiger partial charge in [0.05, 0.1) is 13.7 Å². The molecule has 0 bridgehead atoms. The first kappa shape index (κ1) is 12.4. The van der Waals surface area contributed by atoms with Gasteiger partial charge in [-0.15, -0.1) is 0 Å². The third-order valence-electron chi connectivity index (χ3n) is 2.74. The van der Waals surface area contributed by atoms with Crippen LogP contribution < -0.4 is 10.1 Å². The molecule has 0 saturated heterocycles. The van der Waals surface area contributed by atoms with Crippen molar-refractivity contribution in [1.29, 1.82) is 0 Å². The van der Waals surface area contributed by atoms with Crippen LogP contribution in [0.4, 0.5) is 0 Å². The lowest BCUT2D eigenvalue weighted by atomic mass is 10.1. The fourth-order valence-electron chi connectivity index (χ4n) is 1.65. The van der Waals surface area contributed by atoms with Crippen LogP contribution in [0, 0.1) is 0 Å². The predicted molar refractivity (Wildman–Crippen MR) is 66.3 cm³/mol. The van der Waals surface area contributed by atoms with E-state index in [2.05, 4.69) is 20.5 Å². The molecule has 6 heteroatoms. The third kappa shape index (κ3) is 2.78. The van der Waals surface area contributed by atoms with Crippen LogP contribution in [-0.2, 0) is 6.54 Å². The van der Waals surface area contributed by atoms with Crippen molar-refractivity contribution >= 4 is 0 Å². The predicted octanol–water partition coefficient (Wildman–Crippen LogP) is 1.37. The summed E-state index contributed by atoms with van der Waals surface area (Å²) in [5.74, 6) is 1.40. The molecule has 2 rings (SSSR count). The molecule has 2 aromatic rings. The van der Waals surface area contributed by atoms with E-state index in [0.717, 1.165) is 11.4 Å². The maximum atomic E-state index is 9.53. The number of aromatic hydroxyl groups is 1. The molecule has 0 spiro atoms. The summed E-state index contributed by atoms with van der Waals surface area (Å²) in [6, 6.07) is 5.41. The Labute approximate surface area is 105 Å². The Hall–Kier alpha value is -2.08. The molecule has 1 aromatic carbocycles. The summed E-state index contributed by atoms with van der Waals surface area (Å²) in [7, 11) is 1.53. The van der Waals surface area contributed by atoms with E-state index in [1.807, 2.05) is 19.1 Å². The van der Waals surface area contributed by atoms with Gasteiger partial charge in [-0.25, -0.2) is 4.98 Å². The summed E-state index contributed by atoms with van der Waals surface area (Å²) in [5.41, 5.74) is 1.03. The highest BCUT2D eigenvalue weighted by Gasteiger charge is 2.09. The number of aromatic amines is 1. The van der Waals surface area contributed by atoms with Crippen LogP contribution in [0.3, 0.4) is 0 Å². The van der Waals surface area contributed by atoms with Crippen LogP contribution in [0.25, 0.3) is 0 Å². The van der Waals surface area contributed by atoms with Crippen LogP contribution in [0.15, 0.2) is 24.5 Å². The fourth-order valence-corrected chi connectivity index (χ4v) is 1.65. The molecule has 1 atom stereocenters. The van der Waals surface area contributed by atoms with Crippen LogP contribution >= 0.6 is 0 Å². The number of rotatable bonds is 5. The van der Waals surface area contributed by atoms with E-state index >= 15 is 0 Å². The van der Waals surface area contributed by atoms with E-state index in [1.54, 1.807) is 6.07 Å². The quantitative estimate of drug-likeness (QED) is 0.744. The van der Waals surface area contributed by atoms with Gasteiger partial charge in [0.25, 0.3) is 0 Å². The SMILES string of the molecule is COc1cc(C(C)NCc2ncn[nH]2)ccc1O. The van der Waals surface area contributed by atoms with Gasteiger partial charge < -0.3 is 15.2 Å². The highest BCUT2D eigenvalue weighted by Crippen LogP contribution is 2.28. The molecular weight excluding hydrogens is 232 g/mol. The maximum Gasteiger partial charge on any atom is 0.160 e. The summed E-state index contributed by atoms with van der Waals surface area (Å²) >= 11 is 0. The van der Waals surface area contributed by atoms with E-state index in [0.29, 0.717) is 12.3 Å². The van der Waals surface area contributed by atoms with Gasteiger partial charge in [-0.05, 0) is 24.6 Å². The number of nitrogens with one attached hydrogen (secondary N) is 2. The number of H-pyrrole nitrogens is 1. The number of hydrogen-bond donors (Lipinski definition) is 3. The van der Waals surface area contributed by atoms with Crippen LogP contribution in [0.1, 0.15) is 24.4 Å². The fraction of sp³-hybridized carbons (Fsp3) is 0.333. The van der Waals surface area contributed by atoms with Crippen LogP contribution in [0.2, 0.25) is 0 Å². The topological polar surface area (TPSA) is 83.1 Å². The lowest BCUT2D eigenvalue weighted by Crippen LogP contribution is -2.18. The van der Waals surface area contributed by atoms with Gasteiger partial charge in [0, 0.05) is 6.04 Å². The minimum Gasteiger partial charge on any atom is -0.504 e. The molecule has 6 nitrogen and oxygen atoms in total. The number of nitrogens with zero attached hydrogens (tertiary/aromatic N) is 2. The van der Waals surface area contributed by atoms with Crippen molar-refractivity contribution in [2.45, 2.75) is 19.5 Å². The molecule has 0 aliphatic rings. The van der Waals surface area contributed by atoms with Crippen molar-refractivity contribution in [2.75, 3.05) is 7.11 Å². The summed E-state index contributed by atoms with van der Waals surface area (Å²) < 4.78 is 5.08. The van der Waals surface area contributed by atoms with E-state index in [4.69, 9.17) is 4.74 Å². The molecule has 0 aliphatic carbocycles. The van der Waals surface area contributed by atoms with Gasteiger partial charge in [0.1, 0.15) is 12.2 Å². The first-order valence-electron chi connectivity index (χ1n) is 5.65. The number of benzene rings is 1. The largest absolute Gasteiger partial charge is 0.504 e. The molecule has 0 saturated carbocycles. The average molecular weight is 248 g/mol. The van der Waals surface area contributed by atoms with Gasteiger partial charge in [-0.1, -0.05) is 6.07 Å². The number of phenols is 1. The average Bonchev–Trinajstić information content (AvgIpc) is 2.89. The lowest BCUT2D eigenvalue weighted by molar-refractivity contribution is 0.372. The van der Waals surface area contributed by atoms with E-state index < -0.39 is 0 Å². The Morgan fingerprint density at radius 2 is 2.33 bits per heavy atom. The minimum atomic E-state index is 0.115. The standard InChI is InChI=1S/C12H16N4O2/c1-8(13-6-12-14-7-15-16-12)9-3-4-10(17)11(5-9)18-2/h3-5,7-8,13,17H,6H2,1-2H3,(H,14,15,16). The molecule has 0 radical (unpaired) electrons. The zero-order valence-corrected chi connectivity index (χ0v) is 10.3. The maximum absolute atomic E-state index is 9.53. The van der Waals surface area contributed by atoms with Gasteiger partial charge in [-0.2, -0.15) is 5.10 Å². The summed E-state index contributed by atoms with van der Waals surface area (Å²) in [6.07, 6.45) is 1.48. The zero-order chi connectivity index (χ0) is 13.0. The number of hydrogen-bond acceptors (Lipinski definition) is 5. The second kappa shape index (κ2) is 5.50. The first-order valence-corrected chi connectivity index (χ1v) is 5.65. The summed E-state index contributed by atoms with van der Waals surface area (Å²) in [4.78, 5) is 4.04. The third-order valence-corrected chi connectivity index (χ3v) is 2.74. The Balaban J connectivity index is 2.02. The zero-order valence-electron chi connectivity index (χ0n) is 10.3. The van der Waals surface area contributed by atoms with Crippen LogP contribution in [0.5, 0.6) is 11.5 Å². The molecular formula is C12H16N4O2. The molecule has 18 heavy (non-hydrogen) atoms. The molecule has 1 unspecified atom stereocenters. The Kier molecular flexibility index (Phi) is 3.78.